The number of aliphatic hydroxyl groups excluding tert-OH is 1. The van der Waals surface area contributed by atoms with Crippen LogP contribution in [-0.2, 0) is 14.3 Å². The van der Waals surface area contributed by atoms with Crippen molar-refractivity contribution in [2.45, 2.75) is 63.3 Å². The van der Waals surface area contributed by atoms with E-state index in [9.17, 15) is 19.8 Å². The number of hydrogen-bond donors (Lipinski definition) is 2. The highest BCUT2D eigenvalue weighted by molar-refractivity contribution is 6.01. The van der Waals surface area contributed by atoms with Crippen LogP contribution in [0, 0.1) is 22.7 Å². The van der Waals surface area contributed by atoms with E-state index < -0.39 is 23.4 Å². The number of ketones is 2. The second-order valence-corrected chi connectivity index (χ2v) is 9.36. The highest BCUT2D eigenvalue weighted by atomic mass is 16.6. The van der Waals surface area contributed by atoms with Gasteiger partial charge in [0.05, 0.1) is 6.10 Å². The molecule has 1 heterocycles. The van der Waals surface area contributed by atoms with E-state index in [0.717, 1.165) is 24.8 Å². The van der Waals surface area contributed by atoms with E-state index in [2.05, 4.69) is 6.92 Å². The fourth-order valence-electron chi connectivity index (χ4n) is 7.24. The molecule has 5 heteroatoms. The summed E-state index contributed by atoms with van der Waals surface area (Å²) in [6, 6.07) is 0. The molecule has 0 aromatic rings. The molecule has 0 bridgehead atoms. The van der Waals surface area contributed by atoms with Crippen molar-refractivity contribution >= 4 is 11.6 Å². The average Bonchev–Trinajstić information content (AvgIpc) is 3.27. The number of hydrogen-bond acceptors (Lipinski definition) is 5. The van der Waals surface area contributed by atoms with Crippen molar-refractivity contribution in [3.8, 4) is 0 Å². The highest BCUT2D eigenvalue weighted by Crippen LogP contribution is 2.75. The second-order valence-electron chi connectivity index (χ2n) is 9.36. The topological polar surface area (TPSA) is 87.1 Å². The van der Waals surface area contributed by atoms with Crippen LogP contribution in [0.4, 0.5) is 0 Å². The van der Waals surface area contributed by atoms with E-state index in [1.54, 1.807) is 12.2 Å². The standard InChI is InChI=1S/C21H26O5/c1-18-7-5-13(23)9-12(18)3-4-15-14-6-8-20(25,16(24)11-22)19(14,2)10-17-21(15,18)26-17/h5,7,9,14-15,17,22,25H,3-4,6,8,10-11H2,1-2H3/t14-,15+,17+,18-,19+,20-,21-/m0/s1. The Labute approximate surface area is 153 Å². The van der Waals surface area contributed by atoms with Gasteiger partial charge in [-0.1, -0.05) is 18.6 Å². The summed E-state index contributed by atoms with van der Waals surface area (Å²) >= 11 is 0. The molecule has 0 aromatic heterocycles. The van der Waals surface area contributed by atoms with Crippen LogP contribution in [0.2, 0.25) is 0 Å². The molecule has 1 aliphatic heterocycles. The van der Waals surface area contributed by atoms with Crippen molar-refractivity contribution in [1.82, 2.24) is 0 Å². The molecule has 26 heavy (non-hydrogen) atoms. The molecule has 3 saturated carbocycles. The first-order valence-electron chi connectivity index (χ1n) is 9.71. The van der Waals surface area contributed by atoms with Crippen molar-refractivity contribution in [2.75, 3.05) is 6.61 Å². The Hall–Kier alpha value is -1.30. The molecular weight excluding hydrogens is 332 g/mol. The van der Waals surface area contributed by atoms with Gasteiger partial charge in [-0.2, -0.15) is 0 Å². The van der Waals surface area contributed by atoms with Gasteiger partial charge in [0, 0.05) is 10.8 Å². The Morgan fingerprint density at radius 3 is 2.81 bits per heavy atom. The maximum Gasteiger partial charge on any atom is 0.190 e. The first-order valence-corrected chi connectivity index (χ1v) is 9.71. The van der Waals surface area contributed by atoms with Gasteiger partial charge < -0.3 is 14.9 Å². The van der Waals surface area contributed by atoms with Crippen LogP contribution < -0.4 is 0 Å². The lowest BCUT2D eigenvalue weighted by molar-refractivity contribution is -0.159. The molecule has 1 spiro atoms. The summed E-state index contributed by atoms with van der Waals surface area (Å²) in [5.41, 5.74) is -1.45. The van der Waals surface area contributed by atoms with Gasteiger partial charge in [-0.25, -0.2) is 0 Å². The lowest BCUT2D eigenvalue weighted by Crippen LogP contribution is -2.61. The van der Waals surface area contributed by atoms with Crippen LogP contribution >= 0.6 is 0 Å². The highest BCUT2D eigenvalue weighted by Gasteiger charge is 2.81. The van der Waals surface area contributed by atoms with Gasteiger partial charge in [0.25, 0.3) is 0 Å². The minimum atomic E-state index is -1.46. The monoisotopic (exact) mass is 358 g/mol. The number of fused-ring (bicyclic) bond motifs is 3. The molecule has 2 N–H and O–H groups in total. The Balaban J connectivity index is 1.58. The third-order valence-electron chi connectivity index (χ3n) is 8.69. The zero-order valence-electron chi connectivity index (χ0n) is 15.3. The molecule has 5 rings (SSSR count). The third-order valence-corrected chi connectivity index (χ3v) is 8.69. The smallest absolute Gasteiger partial charge is 0.190 e. The summed E-state index contributed by atoms with van der Waals surface area (Å²) in [6.45, 7) is 3.57. The lowest BCUT2D eigenvalue weighted by atomic mass is 9.47. The largest absolute Gasteiger partial charge is 0.388 e. The third kappa shape index (κ3) is 1.60. The Bertz CT molecular complexity index is 783. The number of carbonyl (C=O) groups is 2. The van der Waals surface area contributed by atoms with Gasteiger partial charge in [0.15, 0.2) is 11.6 Å². The molecule has 5 nitrogen and oxygen atoms in total. The number of aliphatic hydroxyl groups is 2. The molecule has 0 aromatic carbocycles. The van der Waals surface area contributed by atoms with E-state index >= 15 is 0 Å². The fourth-order valence-corrected chi connectivity index (χ4v) is 7.24. The molecule has 1 saturated heterocycles. The molecule has 140 valence electrons. The summed E-state index contributed by atoms with van der Waals surface area (Å²) in [5.74, 6) is 0.0355. The molecule has 4 aliphatic carbocycles. The van der Waals surface area contributed by atoms with E-state index in [-0.39, 0.29) is 34.7 Å². The Morgan fingerprint density at radius 2 is 2.08 bits per heavy atom. The summed E-state index contributed by atoms with van der Waals surface area (Å²) < 4.78 is 6.40. The number of allylic oxidation sites excluding steroid dienone is 2. The first kappa shape index (κ1) is 16.8. The number of ether oxygens (including phenoxy) is 1. The maximum absolute atomic E-state index is 12.4. The van der Waals surface area contributed by atoms with Gasteiger partial charge in [0.1, 0.15) is 17.8 Å². The van der Waals surface area contributed by atoms with Crippen LogP contribution in [0.3, 0.4) is 0 Å². The Morgan fingerprint density at radius 1 is 1.31 bits per heavy atom. The summed E-state index contributed by atoms with van der Waals surface area (Å²) in [5, 5.41) is 20.6. The van der Waals surface area contributed by atoms with Crippen LogP contribution in [0.25, 0.3) is 0 Å². The SMILES string of the molecule is C[C@]12C=CC(=O)C=C1CC[C@@H]1[C@@H]3CC[C@](O)(C(=O)CO)[C@]3(C)C[C@H]3O[C@@]132. The van der Waals surface area contributed by atoms with Crippen molar-refractivity contribution < 1.29 is 24.5 Å². The Kier molecular flexibility index (Phi) is 3.08. The average molecular weight is 358 g/mol. The van der Waals surface area contributed by atoms with Crippen LogP contribution in [0.5, 0.6) is 0 Å². The van der Waals surface area contributed by atoms with Gasteiger partial charge in [-0.05, 0) is 63.0 Å². The molecule has 7 atom stereocenters. The molecular formula is C21H26O5. The normalized spacial score (nSPS) is 53.9. The molecule has 5 aliphatic rings. The molecule has 0 radical (unpaired) electrons. The van der Waals surface area contributed by atoms with Gasteiger partial charge in [0.2, 0.25) is 0 Å². The van der Waals surface area contributed by atoms with Gasteiger partial charge >= 0.3 is 0 Å². The molecule has 0 unspecified atom stereocenters. The first-order chi connectivity index (χ1) is 12.2. The van der Waals surface area contributed by atoms with Crippen molar-refractivity contribution in [1.29, 1.82) is 0 Å². The van der Waals surface area contributed by atoms with Crippen molar-refractivity contribution in [3.05, 3.63) is 23.8 Å². The van der Waals surface area contributed by atoms with Crippen LogP contribution in [0.15, 0.2) is 23.8 Å². The van der Waals surface area contributed by atoms with Crippen LogP contribution in [-0.4, -0.2) is 45.7 Å². The fraction of sp³-hybridized carbons (Fsp3) is 0.714. The summed E-state index contributed by atoms with van der Waals surface area (Å²) in [6.07, 6.45) is 9.04. The van der Waals surface area contributed by atoms with E-state index in [1.165, 1.54) is 0 Å². The predicted molar refractivity (Wildman–Crippen MR) is 93.2 cm³/mol. The maximum atomic E-state index is 12.4. The van der Waals surface area contributed by atoms with E-state index in [0.29, 0.717) is 12.8 Å². The molecule has 0 amide bonds. The van der Waals surface area contributed by atoms with E-state index in [4.69, 9.17) is 4.74 Å². The van der Waals surface area contributed by atoms with Crippen molar-refractivity contribution in [2.24, 2.45) is 22.7 Å². The zero-order valence-corrected chi connectivity index (χ0v) is 15.3. The molecule has 4 fully saturated rings. The minimum Gasteiger partial charge on any atom is -0.388 e. The van der Waals surface area contributed by atoms with E-state index in [1.807, 2.05) is 13.0 Å². The summed E-state index contributed by atoms with van der Waals surface area (Å²) in [4.78, 5) is 24.3. The van der Waals surface area contributed by atoms with Crippen LogP contribution in [0.1, 0.15) is 46.0 Å². The lowest BCUT2D eigenvalue weighted by Gasteiger charge is -2.55. The minimum absolute atomic E-state index is 0.0172. The second kappa shape index (κ2) is 4.75. The van der Waals surface area contributed by atoms with Crippen molar-refractivity contribution in [3.63, 3.8) is 0 Å². The zero-order chi connectivity index (χ0) is 18.5. The van der Waals surface area contributed by atoms with Gasteiger partial charge in [-0.15, -0.1) is 0 Å². The number of carbonyl (C=O) groups excluding carboxylic acids is 2. The number of Topliss-reactive ketones (excluding diaryl/α,β-unsaturated/α-hetero) is 1. The quantitative estimate of drug-likeness (QED) is 0.734. The van der Waals surface area contributed by atoms with Gasteiger partial charge in [-0.3, -0.25) is 9.59 Å². The number of epoxide rings is 1. The number of rotatable bonds is 2. The summed E-state index contributed by atoms with van der Waals surface area (Å²) in [7, 11) is 0. The predicted octanol–water partition coefficient (Wildman–Crippen LogP) is 1.72.